The van der Waals surface area contributed by atoms with Gasteiger partial charge in [0.1, 0.15) is 4.90 Å². The molecule has 1 amide bonds. The van der Waals surface area contributed by atoms with E-state index >= 15 is 0 Å². The highest BCUT2D eigenvalue weighted by molar-refractivity contribution is 9.10. The zero-order valence-electron chi connectivity index (χ0n) is 15.7. The molecule has 0 aromatic heterocycles. The van der Waals surface area contributed by atoms with Crippen LogP contribution in [-0.2, 0) is 10.0 Å². The van der Waals surface area contributed by atoms with Crippen molar-refractivity contribution in [2.45, 2.75) is 37.6 Å². The maximum Gasteiger partial charge on any atom is 0.265 e. The minimum atomic E-state index is -4.30. The number of nitrogens with one attached hydrogen (secondary N) is 2. The highest BCUT2D eigenvalue weighted by Gasteiger charge is 2.29. The third-order valence-electron chi connectivity index (χ3n) is 4.73. The molecule has 2 aromatic rings. The van der Waals surface area contributed by atoms with Crippen LogP contribution in [0.1, 0.15) is 35.7 Å². The Bertz CT molecular complexity index is 1080. The number of phenols is 2. The van der Waals surface area contributed by atoms with Gasteiger partial charge in [0.05, 0.1) is 16.3 Å². The number of hydrogen-bond acceptors (Lipinski definition) is 5. The van der Waals surface area contributed by atoms with Crippen molar-refractivity contribution in [1.82, 2.24) is 5.32 Å². The van der Waals surface area contributed by atoms with Gasteiger partial charge in [0.25, 0.3) is 15.9 Å². The van der Waals surface area contributed by atoms with Crippen LogP contribution in [-0.4, -0.2) is 30.6 Å². The highest BCUT2D eigenvalue weighted by Crippen LogP contribution is 2.37. The summed E-state index contributed by atoms with van der Waals surface area (Å²) in [7, 11) is -4.30. The molecule has 7 nitrogen and oxygen atoms in total. The number of phenolic OH excluding ortho intramolecular Hbond substituents is 2. The quantitative estimate of drug-likeness (QED) is 0.458. The predicted octanol–water partition coefficient (Wildman–Crippen LogP) is 4.15. The molecule has 1 aliphatic carbocycles. The first-order valence-electron chi connectivity index (χ1n) is 8.83. The van der Waals surface area contributed by atoms with Crippen molar-refractivity contribution in [3.8, 4) is 11.5 Å². The summed E-state index contributed by atoms with van der Waals surface area (Å²) < 4.78 is 28.1. The van der Waals surface area contributed by atoms with Gasteiger partial charge in [-0.15, -0.1) is 0 Å². The van der Waals surface area contributed by atoms with Crippen molar-refractivity contribution in [2.24, 2.45) is 5.92 Å². The number of anilines is 1. The normalized spacial score (nSPS) is 18.8. The van der Waals surface area contributed by atoms with Crippen LogP contribution < -0.4 is 10.0 Å². The molecule has 0 spiro atoms. The zero-order valence-corrected chi connectivity index (χ0v) is 18.8. The second kappa shape index (κ2) is 8.04. The van der Waals surface area contributed by atoms with Gasteiger partial charge >= 0.3 is 0 Å². The van der Waals surface area contributed by atoms with E-state index in [0.717, 1.165) is 12.8 Å². The van der Waals surface area contributed by atoms with Crippen LogP contribution >= 0.6 is 27.5 Å². The topological polar surface area (TPSA) is 116 Å². The van der Waals surface area contributed by atoms with Crippen LogP contribution in [0.15, 0.2) is 33.6 Å². The fraction of sp³-hybridized carbons (Fsp3) is 0.316. The number of aromatic hydroxyl groups is 2. The molecular formula is C19H20BrClN2O5S. The summed E-state index contributed by atoms with van der Waals surface area (Å²) in [5.41, 5.74) is 0.371. The van der Waals surface area contributed by atoms with Gasteiger partial charge in [-0.05, 0) is 55.5 Å². The molecular weight excluding hydrogens is 484 g/mol. The van der Waals surface area contributed by atoms with E-state index in [1.165, 1.54) is 24.3 Å². The summed E-state index contributed by atoms with van der Waals surface area (Å²) in [5.74, 6) is -1.05. The molecule has 0 atom stereocenters. The van der Waals surface area contributed by atoms with E-state index in [4.69, 9.17) is 11.6 Å². The number of amides is 1. The molecule has 4 N–H and O–H groups in total. The van der Waals surface area contributed by atoms with Crippen LogP contribution in [0, 0.1) is 12.8 Å². The minimum Gasteiger partial charge on any atom is -0.505 e. The number of hydrogen-bond donors (Lipinski definition) is 4. The largest absolute Gasteiger partial charge is 0.505 e. The average Bonchev–Trinajstić information content (AvgIpc) is 2.59. The lowest BCUT2D eigenvalue weighted by Gasteiger charge is -2.33. The Morgan fingerprint density at radius 3 is 2.45 bits per heavy atom. The van der Waals surface area contributed by atoms with Crippen molar-refractivity contribution < 1.29 is 23.4 Å². The molecule has 0 aliphatic heterocycles. The van der Waals surface area contributed by atoms with Gasteiger partial charge in [0.2, 0.25) is 0 Å². The summed E-state index contributed by atoms with van der Waals surface area (Å²) in [4.78, 5) is 12.1. The van der Waals surface area contributed by atoms with E-state index in [0.29, 0.717) is 16.0 Å². The van der Waals surface area contributed by atoms with Gasteiger partial charge < -0.3 is 15.5 Å². The van der Waals surface area contributed by atoms with Crippen molar-refractivity contribution in [3.63, 3.8) is 0 Å². The molecule has 0 radical (unpaired) electrons. The second-order valence-corrected chi connectivity index (χ2v) is 10.3. The zero-order chi connectivity index (χ0) is 21.5. The van der Waals surface area contributed by atoms with Crippen molar-refractivity contribution in [1.29, 1.82) is 0 Å². The number of benzene rings is 2. The van der Waals surface area contributed by atoms with Crippen LogP contribution in [0.5, 0.6) is 11.5 Å². The van der Waals surface area contributed by atoms with E-state index < -0.39 is 32.3 Å². The lowest BCUT2D eigenvalue weighted by atomic mass is 9.82. The molecule has 3 rings (SSSR count). The first kappa shape index (κ1) is 21.7. The number of aryl methyl sites for hydroxylation is 1. The Morgan fingerprint density at radius 1 is 1.17 bits per heavy atom. The van der Waals surface area contributed by atoms with Crippen molar-refractivity contribution in [2.75, 3.05) is 4.72 Å². The molecule has 156 valence electrons. The first-order chi connectivity index (χ1) is 13.5. The molecule has 0 heterocycles. The van der Waals surface area contributed by atoms with Gasteiger partial charge in [0.15, 0.2) is 11.5 Å². The van der Waals surface area contributed by atoms with Gasteiger partial charge in [-0.3, -0.25) is 9.52 Å². The second-order valence-electron chi connectivity index (χ2n) is 7.30. The molecule has 1 saturated carbocycles. The Balaban J connectivity index is 1.93. The summed E-state index contributed by atoms with van der Waals surface area (Å²) in [6.07, 6.45) is 1.72. The van der Waals surface area contributed by atoms with Crippen LogP contribution in [0.4, 0.5) is 5.69 Å². The van der Waals surface area contributed by atoms with E-state index in [1.54, 1.807) is 6.92 Å². The third kappa shape index (κ3) is 4.62. The van der Waals surface area contributed by atoms with Crippen molar-refractivity contribution >= 4 is 49.1 Å². The fourth-order valence-corrected chi connectivity index (χ4v) is 5.48. The minimum absolute atomic E-state index is 0.0289. The maximum atomic E-state index is 12.8. The molecule has 0 unspecified atom stereocenters. The smallest absolute Gasteiger partial charge is 0.265 e. The van der Waals surface area contributed by atoms with Crippen LogP contribution in [0.3, 0.4) is 0 Å². The van der Waals surface area contributed by atoms with Gasteiger partial charge in [-0.25, -0.2) is 8.42 Å². The summed E-state index contributed by atoms with van der Waals surface area (Å²) >= 11 is 8.99. The Hall–Kier alpha value is -1.97. The number of sulfonamides is 1. The molecule has 29 heavy (non-hydrogen) atoms. The monoisotopic (exact) mass is 502 g/mol. The number of carbonyl (C=O) groups is 1. The molecule has 1 fully saturated rings. The number of carbonyl (C=O) groups excluding carboxylic acids is 1. The molecule has 10 heteroatoms. The van der Waals surface area contributed by atoms with E-state index in [9.17, 15) is 23.4 Å². The van der Waals surface area contributed by atoms with E-state index in [1.807, 2.05) is 0 Å². The fourth-order valence-electron chi connectivity index (χ4n) is 3.26. The first-order valence-corrected chi connectivity index (χ1v) is 11.5. The molecule has 1 aliphatic rings. The summed E-state index contributed by atoms with van der Waals surface area (Å²) in [6.45, 7) is 3.76. The van der Waals surface area contributed by atoms with Gasteiger partial charge in [-0.2, -0.15) is 0 Å². The molecule has 2 aromatic carbocycles. The highest BCUT2D eigenvalue weighted by atomic mass is 79.9. The van der Waals surface area contributed by atoms with Gasteiger partial charge in [-0.1, -0.05) is 34.5 Å². The van der Waals surface area contributed by atoms with Crippen LogP contribution in [0.25, 0.3) is 0 Å². The number of halogens is 2. The predicted molar refractivity (Wildman–Crippen MR) is 114 cm³/mol. The average molecular weight is 504 g/mol. The van der Waals surface area contributed by atoms with E-state index in [-0.39, 0.29) is 22.3 Å². The van der Waals surface area contributed by atoms with Crippen LogP contribution in [0.2, 0.25) is 5.02 Å². The summed E-state index contributed by atoms with van der Waals surface area (Å²) in [5, 5.41) is 23.3. The molecule has 0 saturated heterocycles. The molecule has 0 bridgehead atoms. The van der Waals surface area contributed by atoms with E-state index in [2.05, 4.69) is 32.9 Å². The standard InChI is InChI=1S/C19H20BrClN2O5S/c1-9-3-12(4-9)22-19(26)13-5-10(2)6-15(17(13)24)23-29(27,28)16-8-11(20)7-14(21)18(16)25/h5-9,12,23-25H,3-4H2,1-2H3,(H,22,26). The Morgan fingerprint density at radius 2 is 1.83 bits per heavy atom. The Labute approximate surface area is 182 Å². The van der Waals surface area contributed by atoms with Crippen molar-refractivity contribution in [3.05, 3.63) is 44.9 Å². The Kier molecular flexibility index (Phi) is 6.03. The lowest BCUT2D eigenvalue weighted by molar-refractivity contribution is 0.0893. The SMILES string of the molecule is Cc1cc(NS(=O)(=O)c2cc(Br)cc(Cl)c2O)c(O)c(C(=O)NC2CC(C)C2)c1. The number of rotatable bonds is 5. The third-order valence-corrected chi connectivity index (χ3v) is 6.86. The van der Waals surface area contributed by atoms with Gasteiger partial charge in [0, 0.05) is 10.5 Å². The summed E-state index contributed by atoms with van der Waals surface area (Å²) in [6, 6.07) is 5.45. The lowest BCUT2D eigenvalue weighted by Crippen LogP contribution is -2.43. The maximum absolute atomic E-state index is 12.8.